The van der Waals surface area contributed by atoms with Crippen LogP contribution in [-0.4, -0.2) is 38.4 Å². The summed E-state index contributed by atoms with van der Waals surface area (Å²) < 4.78 is 4.85. The number of carbonyl (C=O) groups is 1. The second-order valence-corrected chi connectivity index (χ2v) is 5.98. The lowest BCUT2D eigenvalue weighted by Crippen LogP contribution is -2.06. The van der Waals surface area contributed by atoms with Gasteiger partial charge in [-0.15, -0.1) is 5.10 Å². The van der Waals surface area contributed by atoms with E-state index in [-0.39, 0.29) is 17.4 Å². The van der Waals surface area contributed by atoms with E-state index < -0.39 is 4.92 Å². The molecule has 0 unspecified atom stereocenters. The zero-order valence-corrected chi connectivity index (χ0v) is 15.2. The highest BCUT2D eigenvalue weighted by molar-refractivity contribution is 7.99. The number of hydrogen-bond acceptors (Lipinski definition) is 7. The molecule has 26 heavy (non-hydrogen) atoms. The summed E-state index contributed by atoms with van der Waals surface area (Å²) in [5.41, 5.74) is 1.89. The number of rotatable bonds is 8. The summed E-state index contributed by atoms with van der Waals surface area (Å²) in [4.78, 5) is 26.5. The Labute approximate surface area is 154 Å². The minimum atomic E-state index is -0.462. The molecule has 2 aromatic rings. The van der Waals surface area contributed by atoms with Gasteiger partial charge in [-0.25, -0.2) is 4.98 Å². The number of nitrogens with zero attached hydrogens (tertiary/aromatic N) is 3. The van der Waals surface area contributed by atoms with Crippen LogP contribution >= 0.6 is 11.8 Å². The van der Waals surface area contributed by atoms with Gasteiger partial charge in [0.1, 0.15) is 0 Å². The first-order chi connectivity index (χ1) is 12.5. The number of thioether (sulfide) groups is 1. The minimum absolute atomic E-state index is 0.0594. The maximum atomic E-state index is 11.4. The number of hydrogen-bond donors (Lipinski definition) is 1. The van der Waals surface area contributed by atoms with Crippen molar-refractivity contribution in [2.45, 2.75) is 19.0 Å². The summed E-state index contributed by atoms with van der Waals surface area (Å²) in [7, 11) is 0. The molecule has 0 bridgehead atoms. The Bertz CT molecular complexity index is 860. The molecule has 0 saturated heterocycles. The van der Waals surface area contributed by atoms with E-state index in [0.717, 1.165) is 17.3 Å². The summed E-state index contributed by atoms with van der Waals surface area (Å²) in [5, 5.41) is 18.4. The summed E-state index contributed by atoms with van der Waals surface area (Å²) >= 11 is 1.12. The average molecular weight is 374 g/mol. The molecular weight excluding hydrogens is 356 g/mol. The molecule has 0 spiro atoms. The zero-order valence-electron chi connectivity index (χ0n) is 14.4. The lowest BCUT2D eigenvalue weighted by atomic mass is 10.0. The highest BCUT2D eigenvalue weighted by atomic mass is 32.2. The predicted molar refractivity (Wildman–Crippen MR) is 99.7 cm³/mol. The first-order valence-electron chi connectivity index (χ1n) is 7.78. The summed E-state index contributed by atoms with van der Waals surface area (Å²) in [5.74, 6) is 0.107. The molecule has 8 nitrogen and oxygen atoms in total. The lowest BCUT2D eigenvalue weighted by Gasteiger charge is -2.05. The van der Waals surface area contributed by atoms with Gasteiger partial charge >= 0.3 is 5.97 Å². The van der Waals surface area contributed by atoms with Crippen LogP contribution in [0.2, 0.25) is 0 Å². The molecule has 0 fully saturated rings. The second-order valence-electron chi connectivity index (χ2n) is 5.03. The van der Waals surface area contributed by atoms with E-state index in [9.17, 15) is 14.9 Å². The Morgan fingerprint density at radius 3 is 2.85 bits per heavy atom. The molecule has 1 N–H and O–H groups in total. The number of esters is 1. The third-order valence-electron chi connectivity index (χ3n) is 3.36. The van der Waals surface area contributed by atoms with Gasteiger partial charge in [0.25, 0.3) is 5.69 Å². The smallest absolute Gasteiger partial charge is 0.316 e. The van der Waals surface area contributed by atoms with Gasteiger partial charge in [-0.2, -0.15) is 0 Å². The largest absolute Gasteiger partial charge is 0.465 e. The van der Waals surface area contributed by atoms with Crippen molar-refractivity contribution < 1.29 is 14.5 Å². The topological polar surface area (TPSA) is 111 Å². The molecule has 136 valence electrons. The van der Waals surface area contributed by atoms with Crippen molar-refractivity contribution in [3.63, 3.8) is 0 Å². The van der Waals surface area contributed by atoms with Crippen LogP contribution in [0.4, 0.5) is 5.69 Å². The molecule has 0 aliphatic carbocycles. The molecule has 0 radical (unpaired) electrons. The number of non-ortho nitro benzene ring substituents is 1. The number of aromatic amines is 1. The third-order valence-corrected chi connectivity index (χ3v) is 4.18. The Hall–Kier alpha value is -2.94. The van der Waals surface area contributed by atoms with Crippen LogP contribution in [0.1, 0.15) is 19.4 Å². The highest BCUT2D eigenvalue weighted by Crippen LogP contribution is 2.29. The van der Waals surface area contributed by atoms with E-state index in [1.165, 1.54) is 12.1 Å². The number of benzene rings is 1. The monoisotopic (exact) mass is 374 g/mol. The van der Waals surface area contributed by atoms with Crippen LogP contribution < -0.4 is 0 Å². The van der Waals surface area contributed by atoms with Crippen molar-refractivity contribution >= 4 is 29.0 Å². The molecule has 0 aliphatic heterocycles. The maximum Gasteiger partial charge on any atom is 0.316 e. The fourth-order valence-corrected chi connectivity index (χ4v) is 2.78. The maximum absolute atomic E-state index is 11.4. The molecule has 0 saturated carbocycles. The normalized spacial score (nSPS) is 11.2. The quantitative estimate of drug-likeness (QED) is 0.247. The number of H-pyrrole nitrogens is 1. The third kappa shape index (κ3) is 4.79. The van der Waals surface area contributed by atoms with E-state index in [1.807, 2.05) is 13.0 Å². The molecular formula is C17H18N4O4S. The number of nitrogens with one attached hydrogen (secondary N) is 1. The van der Waals surface area contributed by atoms with Crippen molar-refractivity contribution in [3.05, 3.63) is 52.6 Å². The van der Waals surface area contributed by atoms with Gasteiger partial charge in [0.05, 0.1) is 17.3 Å². The molecule has 0 aliphatic rings. The van der Waals surface area contributed by atoms with Crippen LogP contribution in [0.25, 0.3) is 17.0 Å². The van der Waals surface area contributed by atoms with Gasteiger partial charge in [-0.3, -0.25) is 20.0 Å². The average Bonchev–Trinajstić information content (AvgIpc) is 3.10. The summed E-state index contributed by atoms with van der Waals surface area (Å²) in [6.45, 7) is 7.59. The predicted octanol–water partition coefficient (Wildman–Crippen LogP) is 3.62. The van der Waals surface area contributed by atoms with E-state index in [0.29, 0.717) is 28.7 Å². The fraction of sp³-hybridized carbons (Fsp3) is 0.235. The van der Waals surface area contributed by atoms with Gasteiger partial charge < -0.3 is 4.74 Å². The van der Waals surface area contributed by atoms with Gasteiger partial charge in [0.15, 0.2) is 5.82 Å². The Morgan fingerprint density at radius 1 is 1.46 bits per heavy atom. The van der Waals surface area contributed by atoms with Crippen molar-refractivity contribution in [2.24, 2.45) is 0 Å². The number of aromatic nitrogens is 3. The first kappa shape index (κ1) is 19.4. The van der Waals surface area contributed by atoms with E-state index in [4.69, 9.17) is 4.74 Å². The van der Waals surface area contributed by atoms with Crippen molar-refractivity contribution in [2.75, 3.05) is 12.4 Å². The van der Waals surface area contributed by atoms with Crippen molar-refractivity contribution in [1.82, 2.24) is 15.2 Å². The Morgan fingerprint density at radius 2 is 2.23 bits per heavy atom. The molecule has 1 heterocycles. The second kappa shape index (κ2) is 8.95. The van der Waals surface area contributed by atoms with Crippen molar-refractivity contribution in [3.8, 4) is 11.4 Å². The molecule has 0 atom stereocenters. The Balaban J connectivity index is 2.31. The van der Waals surface area contributed by atoms with E-state index in [2.05, 4.69) is 21.8 Å². The standard InChI is InChI=1S/C17H18N4O4S/c1-4-11(5-2)12-7-13(9-14(8-12)21(23)24)16-18-17(20-19-16)26-10-15(22)25-6-3/h4-5,7-9H,1,6,10H2,2-3H3,(H,18,19,20)/b11-5+. The van der Waals surface area contributed by atoms with Crippen LogP contribution in [0.3, 0.4) is 0 Å². The van der Waals surface area contributed by atoms with Gasteiger partial charge in [-0.05, 0) is 31.1 Å². The first-order valence-corrected chi connectivity index (χ1v) is 8.76. The summed E-state index contributed by atoms with van der Waals surface area (Å²) in [6.07, 6.45) is 3.45. The zero-order chi connectivity index (χ0) is 19.1. The van der Waals surface area contributed by atoms with E-state index >= 15 is 0 Å². The van der Waals surface area contributed by atoms with Crippen molar-refractivity contribution in [1.29, 1.82) is 0 Å². The summed E-state index contributed by atoms with van der Waals surface area (Å²) in [6, 6.07) is 4.66. The number of nitro groups is 1. The number of ether oxygens (including phenoxy) is 1. The van der Waals surface area contributed by atoms with Gasteiger partial charge in [-0.1, -0.05) is 30.5 Å². The highest BCUT2D eigenvalue weighted by Gasteiger charge is 2.15. The van der Waals surface area contributed by atoms with Crippen LogP contribution in [0.15, 0.2) is 42.1 Å². The number of carbonyl (C=O) groups excluding carboxylic acids is 1. The molecule has 1 aromatic carbocycles. The van der Waals surface area contributed by atoms with Crippen LogP contribution in [-0.2, 0) is 9.53 Å². The molecule has 9 heteroatoms. The molecule has 0 amide bonds. The number of nitro benzene ring substituents is 1. The minimum Gasteiger partial charge on any atom is -0.465 e. The van der Waals surface area contributed by atoms with Crippen LogP contribution in [0, 0.1) is 10.1 Å². The SMILES string of the molecule is C=C/C(=C\C)c1cc(-c2nc(SCC(=O)OCC)n[nH]2)cc([N+](=O)[O-])c1. The Kier molecular flexibility index (Phi) is 6.67. The lowest BCUT2D eigenvalue weighted by molar-refractivity contribution is -0.384. The number of allylic oxidation sites excluding steroid dienone is 3. The van der Waals surface area contributed by atoms with E-state index in [1.54, 1.807) is 19.1 Å². The molecule has 1 aromatic heterocycles. The fourth-order valence-electron chi connectivity index (χ4n) is 2.19. The van der Waals surface area contributed by atoms with Crippen LogP contribution in [0.5, 0.6) is 0 Å². The van der Waals surface area contributed by atoms with Gasteiger partial charge in [0.2, 0.25) is 5.16 Å². The van der Waals surface area contributed by atoms with Gasteiger partial charge in [0, 0.05) is 17.7 Å². The molecule has 2 rings (SSSR count).